The fraction of sp³-hybridized carbons (Fsp3) is 0. The van der Waals surface area contributed by atoms with E-state index in [-0.39, 0.29) is 0 Å². The maximum Gasteiger partial charge on any atom is 0.0355 e. The molecule has 0 N–H and O–H groups in total. The van der Waals surface area contributed by atoms with Crippen molar-refractivity contribution in [2.45, 2.75) is 0 Å². The maximum absolute atomic E-state index is 2.44. The molecule has 0 atom stereocenters. The lowest BCUT2D eigenvalue weighted by Gasteiger charge is -2.19. The van der Waals surface area contributed by atoms with Crippen LogP contribution in [-0.4, -0.2) is 0 Å². The molecule has 10 aromatic carbocycles. The van der Waals surface area contributed by atoms with Gasteiger partial charge in [0.15, 0.2) is 0 Å². The first-order valence-corrected chi connectivity index (χ1v) is 19.7. The van der Waals surface area contributed by atoms with Crippen LogP contribution in [0.4, 0.5) is 0 Å². The van der Waals surface area contributed by atoms with Crippen molar-refractivity contribution >= 4 is 63.8 Å². The van der Waals surface area contributed by atoms with Gasteiger partial charge in [0.05, 0.1) is 0 Å². The molecule has 0 radical (unpaired) electrons. The van der Waals surface area contributed by atoms with Crippen molar-refractivity contribution in [2.75, 3.05) is 0 Å². The predicted molar refractivity (Wildman–Crippen MR) is 239 cm³/mol. The van der Waals surface area contributed by atoms with Crippen molar-refractivity contribution in [3.8, 4) is 55.6 Å². The van der Waals surface area contributed by atoms with Crippen LogP contribution in [0.1, 0.15) is 0 Å². The number of benzene rings is 10. The fourth-order valence-electron chi connectivity index (χ4n) is 8.59. The lowest BCUT2D eigenvalue weighted by molar-refractivity contribution is 1.59. The van der Waals surface area contributed by atoms with Crippen LogP contribution in [0.2, 0.25) is 0 Å². The molecule has 0 saturated heterocycles. The number of rotatable bonds is 5. The first kappa shape index (κ1) is 31.7. The Labute approximate surface area is 324 Å². The molecule has 0 saturated carbocycles. The summed E-state index contributed by atoms with van der Waals surface area (Å²) in [6, 6.07) is 76.2. The third-order valence-electron chi connectivity index (χ3n) is 11.2. The first-order chi connectivity index (χ1) is 27.2. The van der Waals surface area contributed by atoms with Crippen LogP contribution >= 0.6 is 11.3 Å². The maximum atomic E-state index is 2.44. The molecular weight excluding hydrogens is 681 g/mol. The summed E-state index contributed by atoms with van der Waals surface area (Å²) in [6.45, 7) is 0. The molecule has 11 rings (SSSR count). The monoisotopic (exact) mass is 714 g/mol. The Bertz CT molecular complexity index is 3240. The van der Waals surface area contributed by atoms with Gasteiger partial charge >= 0.3 is 0 Å². The van der Waals surface area contributed by atoms with E-state index in [0.29, 0.717) is 0 Å². The standard InChI is InChI=1S/C54H34S/c1-3-14-36(15-4-1)53-46-20-9-10-21-47(46)54(37-16-5-2-6-17-37)50-34-40(25-27-48(50)53)43-30-42(39-24-23-35-13-7-8-18-38(35)29-39)31-44(32-43)41-26-28-52-49(33-41)45-19-11-12-22-51(45)55-52/h1-34H. The minimum Gasteiger partial charge on any atom is -0.135 e. The average molecular weight is 715 g/mol. The van der Waals surface area contributed by atoms with Crippen LogP contribution in [0.5, 0.6) is 0 Å². The largest absolute Gasteiger partial charge is 0.135 e. The quantitative estimate of drug-likeness (QED) is 0.156. The van der Waals surface area contributed by atoms with E-state index in [1.165, 1.54) is 108 Å². The third-order valence-corrected chi connectivity index (χ3v) is 12.4. The van der Waals surface area contributed by atoms with Crippen molar-refractivity contribution in [1.29, 1.82) is 0 Å². The molecule has 11 aromatic rings. The first-order valence-electron chi connectivity index (χ1n) is 18.9. The zero-order valence-electron chi connectivity index (χ0n) is 30.0. The summed E-state index contributed by atoms with van der Waals surface area (Å²) in [5.41, 5.74) is 12.3. The Morgan fingerprint density at radius 1 is 0.218 bits per heavy atom. The van der Waals surface area contributed by atoms with Crippen molar-refractivity contribution in [3.05, 3.63) is 206 Å². The van der Waals surface area contributed by atoms with E-state index in [1.807, 2.05) is 11.3 Å². The van der Waals surface area contributed by atoms with E-state index in [2.05, 4.69) is 206 Å². The minimum atomic E-state index is 1.20. The van der Waals surface area contributed by atoms with Gasteiger partial charge in [0.25, 0.3) is 0 Å². The van der Waals surface area contributed by atoms with Crippen LogP contribution in [0.3, 0.4) is 0 Å². The molecule has 256 valence electrons. The number of thiophene rings is 1. The number of hydrogen-bond acceptors (Lipinski definition) is 1. The lowest BCUT2D eigenvalue weighted by Crippen LogP contribution is -1.92. The van der Waals surface area contributed by atoms with Gasteiger partial charge in [-0.1, -0.05) is 158 Å². The van der Waals surface area contributed by atoms with Crippen LogP contribution in [-0.2, 0) is 0 Å². The van der Waals surface area contributed by atoms with Gasteiger partial charge < -0.3 is 0 Å². The minimum absolute atomic E-state index is 1.20. The highest BCUT2D eigenvalue weighted by Crippen LogP contribution is 2.46. The van der Waals surface area contributed by atoms with Crippen LogP contribution in [0, 0.1) is 0 Å². The zero-order chi connectivity index (χ0) is 36.3. The van der Waals surface area contributed by atoms with Crippen molar-refractivity contribution in [1.82, 2.24) is 0 Å². The highest BCUT2D eigenvalue weighted by molar-refractivity contribution is 7.25. The normalized spacial score (nSPS) is 11.6. The van der Waals surface area contributed by atoms with E-state index < -0.39 is 0 Å². The van der Waals surface area contributed by atoms with E-state index >= 15 is 0 Å². The van der Waals surface area contributed by atoms with Gasteiger partial charge in [0.1, 0.15) is 0 Å². The second-order valence-electron chi connectivity index (χ2n) is 14.5. The van der Waals surface area contributed by atoms with Gasteiger partial charge in [-0.05, 0) is 136 Å². The van der Waals surface area contributed by atoms with Gasteiger partial charge in [-0.2, -0.15) is 0 Å². The van der Waals surface area contributed by atoms with Gasteiger partial charge in [-0.3, -0.25) is 0 Å². The van der Waals surface area contributed by atoms with E-state index in [1.54, 1.807) is 0 Å². The Hall–Kier alpha value is -6.80. The number of fused-ring (bicyclic) bond motifs is 6. The summed E-state index contributed by atoms with van der Waals surface area (Å²) in [5.74, 6) is 0. The Morgan fingerprint density at radius 2 is 0.673 bits per heavy atom. The molecule has 0 spiro atoms. The molecule has 0 amide bonds. The average Bonchev–Trinajstić information content (AvgIpc) is 3.63. The zero-order valence-corrected chi connectivity index (χ0v) is 30.9. The van der Waals surface area contributed by atoms with Crippen molar-refractivity contribution in [3.63, 3.8) is 0 Å². The molecule has 1 aromatic heterocycles. The molecule has 0 fully saturated rings. The summed E-state index contributed by atoms with van der Waals surface area (Å²) in [7, 11) is 0. The summed E-state index contributed by atoms with van der Waals surface area (Å²) < 4.78 is 2.65. The Morgan fingerprint density at radius 3 is 1.35 bits per heavy atom. The molecule has 0 bridgehead atoms. The van der Waals surface area contributed by atoms with E-state index in [4.69, 9.17) is 0 Å². The van der Waals surface area contributed by atoms with Crippen LogP contribution in [0.15, 0.2) is 206 Å². The Balaban J connectivity index is 1.18. The highest BCUT2D eigenvalue weighted by atomic mass is 32.1. The van der Waals surface area contributed by atoms with Crippen LogP contribution in [0.25, 0.3) is 108 Å². The molecule has 1 heteroatoms. The molecule has 1 heterocycles. The summed E-state index contributed by atoms with van der Waals surface area (Å²) in [5, 5.41) is 10.2. The highest BCUT2D eigenvalue weighted by Gasteiger charge is 2.18. The Kier molecular flexibility index (Phi) is 7.46. The SMILES string of the molecule is c1ccc(-c2c3ccccc3c(-c3ccccc3)c3cc(-c4cc(-c5ccc6ccccc6c5)cc(-c5ccc6sc7ccccc7c6c5)c4)ccc23)cc1. The lowest BCUT2D eigenvalue weighted by atomic mass is 9.84. The fourth-order valence-corrected chi connectivity index (χ4v) is 9.68. The second kappa shape index (κ2) is 13.0. The molecule has 0 aliphatic heterocycles. The molecular formula is C54H34S. The van der Waals surface area contributed by atoms with Gasteiger partial charge in [0.2, 0.25) is 0 Å². The van der Waals surface area contributed by atoms with Crippen LogP contribution < -0.4 is 0 Å². The third kappa shape index (κ3) is 5.44. The van der Waals surface area contributed by atoms with Gasteiger partial charge in [-0.15, -0.1) is 11.3 Å². The van der Waals surface area contributed by atoms with Gasteiger partial charge in [-0.25, -0.2) is 0 Å². The molecule has 0 aliphatic carbocycles. The van der Waals surface area contributed by atoms with Crippen molar-refractivity contribution < 1.29 is 0 Å². The topological polar surface area (TPSA) is 0 Å². The smallest absolute Gasteiger partial charge is 0.0355 e. The second-order valence-corrected chi connectivity index (χ2v) is 15.5. The number of hydrogen-bond donors (Lipinski definition) is 0. The van der Waals surface area contributed by atoms with E-state index in [0.717, 1.165) is 0 Å². The predicted octanol–water partition coefficient (Wildman–Crippen LogP) is 15.8. The summed E-state index contributed by atoms with van der Waals surface area (Å²) >= 11 is 1.87. The molecule has 0 unspecified atom stereocenters. The molecule has 55 heavy (non-hydrogen) atoms. The molecule has 0 aliphatic rings. The van der Waals surface area contributed by atoms with Crippen molar-refractivity contribution in [2.24, 2.45) is 0 Å². The summed E-state index contributed by atoms with van der Waals surface area (Å²) in [6.07, 6.45) is 0. The van der Waals surface area contributed by atoms with Gasteiger partial charge in [0, 0.05) is 20.2 Å². The van der Waals surface area contributed by atoms with E-state index in [9.17, 15) is 0 Å². The summed E-state index contributed by atoms with van der Waals surface area (Å²) in [4.78, 5) is 0. The molecule has 0 nitrogen and oxygen atoms in total.